The molecule has 4 N–H and O–H groups in total. The highest BCUT2D eigenvalue weighted by Crippen LogP contribution is 2.26. The van der Waals surface area contributed by atoms with Gasteiger partial charge in [0.2, 0.25) is 0 Å². The normalized spacial score (nSPS) is 10.5. The van der Waals surface area contributed by atoms with E-state index >= 15 is 0 Å². The van der Waals surface area contributed by atoms with Crippen LogP contribution in [0.5, 0.6) is 23.0 Å². The summed E-state index contributed by atoms with van der Waals surface area (Å²) in [6, 6.07) is 8.56. The average molecular weight is 334 g/mol. The van der Waals surface area contributed by atoms with Crippen molar-refractivity contribution >= 4 is 12.9 Å². The van der Waals surface area contributed by atoms with Crippen molar-refractivity contribution in [3.8, 4) is 23.0 Å². The second-order valence-corrected chi connectivity index (χ2v) is 4.59. The van der Waals surface area contributed by atoms with E-state index in [1.54, 1.807) is 6.07 Å². The molecule has 0 aliphatic heterocycles. The van der Waals surface area contributed by atoms with Gasteiger partial charge in [0, 0.05) is 11.6 Å². The van der Waals surface area contributed by atoms with E-state index in [0.717, 1.165) is 0 Å². The largest absolute Gasteiger partial charge is 0.626 e. The number of nitrogens with one attached hydrogen (secondary N) is 1. The molecule has 2 aromatic rings. The molecule has 2 rings (SSSR count). The molecule has 0 heterocycles. The lowest BCUT2D eigenvalue weighted by atomic mass is 10.2. The van der Waals surface area contributed by atoms with E-state index in [9.17, 15) is 20.5 Å². The van der Waals surface area contributed by atoms with Crippen LogP contribution in [0.15, 0.2) is 36.4 Å². The van der Waals surface area contributed by atoms with E-state index in [4.69, 9.17) is 9.94 Å². The zero-order chi connectivity index (χ0) is 18.1. The number of aromatic hydroxyl groups is 3. The van der Waals surface area contributed by atoms with Crippen LogP contribution in [0.1, 0.15) is 11.1 Å². The summed E-state index contributed by atoms with van der Waals surface area (Å²) in [7, 11) is 1.42. The third-order valence-corrected chi connectivity index (χ3v) is 2.89. The molecule has 0 aliphatic carbocycles. The molecule has 0 saturated heterocycles. The molecule has 0 aromatic heterocycles. The number of phenolic OH excluding ortho intramolecular Hbond substituents is 3. The molecule has 0 atom stereocenters. The van der Waals surface area contributed by atoms with Crippen LogP contribution in [-0.2, 0) is 6.54 Å². The highest BCUT2D eigenvalue weighted by atomic mass is 16.5. The maximum atomic E-state index is 11.9. The van der Waals surface area contributed by atoms with Gasteiger partial charge in [-0.3, -0.25) is 0 Å². The second-order valence-electron chi connectivity index (χ2n) is 4.59. The van der Waals surface area contributed by atoms with Crippen molar-refractivity contribution in [1.29, 1.82) is 0 Å². The van der Waals surface area contributed by atoms with Crippen molar-refractivity contribution in [2.24, 2.45) is 0 Å². The third kappa shape index (κ3) is 5.41. The number of nitrogens with zero attached hydrogens (tertiary/aromatic N) is 1. The number of hydroxylamine groups is 1. The predicted molar refractivity (Wildman–Crippen MR) is 88.4 cm³/mol. The summed E-state index contributed by atoms with van der Waals surface area (Å²) in [6.45, 7) is 2.61. The van der Waals surface area contributed by atoms with E-state index in [-0.39, 0.29) is 29.5 Å². The molecule has 8 heteroatoms. The Bertz CT molecular complexity index is 731. The van der Waals surface area contributed by atoms with Crippen LogP contribution in [-0.4, -0.2) is 40.1 Å². The summed E-state index contributed by atoms with van der Waals surface area (Å²) in [5.41, 5.74) is 0.947. The van der Waals surface area contributed by atoms with E-state index in [1.807, 2.05) is 0 Å². The molecule has 0 bridgehead atoms. The van der Waals surface area contributed by atoms with Gasteiger partial charge in [0.25, 0.3) is 0 Å². The van der Waals surface area contributed by atoms with E-state index in [1.165, 1.54) is 48.8 Å². The van der Waals surface area contributed by atoms with Crippen LogP contribution in [0.4, 0.5) is 0 Å². The van der Waals surface area contributed by atoms with Crippen LogP contribution in [0.3, 0.4) is 0 Å². The Hall–Kier alpha value is -3.42. The Balaban J connectivity index is 0.000000891. The number of phenols is 3. The number of benzene rings is 2. The third-order valence-electron chi connectivity index (χ3n) is 2.89. The van der Waals surface area contributed by atoms with Crippen molar-refractivity contribution in [1.82, 2.24) is 0 Å². The van der Waals surface area contributed by atoms with Crippen LogP contribution in [0.25, 0.3) is 0 Å². The molecule has 128 valence electrons. The van der Waals surface area contributed by atoms with Gasteiger partial charge in [0.15, 0.2) is 24.3 Å². The van der Waals surface area contributed by atoms with E-state index in [0.29, 0.717) is 15.9 Å². The Morgan fingerprint density at radius 3 is 2.42 bits per heavy atom. The van der Waals surface area contributed by atoms with Gasteiger partial charge in [-0.05, 0) is 30.3 Å². The Kier molecular flexibility index (Phi) is 6.90. The van der Waals surface area contributed by atoms with Gasteiger partial charge in [-0.25, -0.2) is 9.89 Å². The first-order chi connectivity index (χ1) is 11.4. The minimum atomic E-state index is -0.146. The molecule has 0 aliphatic rings. The first-order valence-corrected chi connectivity index (χ1v) is 6.72. The van der Waals surface area contributed by atoms with Gasteiger partial charge in [0.05, 0.1) is 12.7 Å². The quantitative estimate of drug-likeness (QED) is 0.273. The molecular weight excluding hydrogens is 316 g/mol. The summed E-state index contributed by atoms with van der Waals surface area (Å²) in [4.78, 5) is 0. The first kappa shape index (κ1) is 18.6. The fourth-order valence-corrected chi connectivity index (χ4v) is 1.84. The molecule has 2 aromatic carbocycles. The number of hydrogen-bond acceptors (Lipinski definition) is 6. The maximum absolute atomic E-state index is 11.9. The summed E-state index contributed by atoms with van der Waals surface area (Å²) in [6.07, 6.45) is 1.31. The molecule has 0 saturated carbocycles. The molecule has 0 radical (unpaired) electrons. The molecule has 0 unspecified atom stereocenters. The fraction of sp³-hybridized carbons (Fsp3) is 0.125. The van der Waals surface area contributed by atoms with Crippen LogP contribution in [0.2, 0.25) is 0 Å². The maximum Gasteiger partial charge on any atom is 0.182 e. The average Bonchev–Trinajstić information content (AvgIpc) is 2.53. The number of methoxy groups -OCH3 is 1. The van der Waals surface area contributed by atoms with Gasteiger partial charge in [-0.15, -0.1) is 0 Å². The van der Waals surface area contributed by atoms with Gasteiger partial charge in [-0.1, -0.05) is 0 Å². The van der Waals surface area contributed by atoms with Gasteiger partial charge in [0.1, 0.15) is 18.2 Å². The zero-order valence-corrected chi connectivity index (χ0v) is 13.0. The molecule has 0 amide bonds. The standard InChI is InChI=1S/C15H15NO5.CH3NO/c1-21-15-6-10(2-5-13(15)18)8-16(20)9-11-3-4-12(17)7-14(11)19;1-2-3/h2-8,17-19H,9H2,1H3;2H,1H2/b16-8+;. The molecular formula is C16H18N2O6. The smallest absolute Gasteiger partial charge is 0.182 e. The van der Waals surface area contributed by atoms with Crippen LogP contribution >= 0.6 is 0 Å². The van der Waals surface area contributed by atoms with Gasteiger partial charge in [-0.2, -0.15) is 0 Å². The summed E-state index contributed by atoms with van der Waals surface area (Å²) >= 11 is 0. The summed E-state index contributed by atoms with van der Waals surface area (Å²) in [5, 5.41) is 50.0. The van der Waals surface area contributed by atoms with E-state index in [2.05, 4.69) is 6.72 Å². The highest BCUT2D eigenvalue weighted by Gasteiger charge is 2.08. The number of rotatable bonds is 4. The van der Waals surface area contributed by atoms with Crippen molar-refractivity contribution in [3.05, 3.63) is 57.9 Å². The Morgan fingerprint density at radius 2 is 1.83 bits per heavy atom. The topological polar surface area (TPSA) is 133 Å². The monoisotopic (exact) mass is 334 g/mol. The van der Waals surface area contributed by atoms with Crippen molar-refractivity contribution in [2.45, 2.75) is 6.54 Å². The van der Waals surface area contributed by atoms with Gasteiger partial charge < -0.3 is 30.5 Å². The summed E-state index contributed by atoms with van der Waals surface area (Å²) < 4.78 is 5.60. The molecule has 0 fully saturated rings. The highest BCUT2D eigenvalue weighted by molar-refractivity contribution is 5.77. The number of ether oxygens (including phenoxy) is 1. The first-order valence-electron chi connectivity index (χ1n) is 6.72. The number of hydrogen-bond donors (Lipinski definition) is 4. The fourth-order valence-electron chi connectivity index (χ4n) is 1.84. The molecule has 0 spiro atoms. The van der Waals surface area contributed by atoms with Crippen molar-refractivity contribution in [3.63, 3.8) is 0 Å². The van der Waals surface area contributed by atoms with Crippen LogP contribution in [0, 0.1) is 10.4 Å². The second kappa shape index (κ2) is 8.89. The lowest BCUT2D eigenvalue weighted by Gasteiger charge is -2.07. The minimum Gasteiger partial charge on any atom is -0.626 e. The predicted octanol–water partition coefficient (Wildman–Crippen LogP) is 0.207. The van der Waals surface area contributed by atoms with Gasteiger partial charge >= 0.3 is 0 Å². The lowest BCUT2D eigenvalue weighted by molar-refractivity contribution is -0.469. The summed E-state index contributed by atoms with van der Waals surface area (Å²) in [5.74, 6) is 0.0430. The van der Waals surface area contributed by atoms with Crippen LogP contribution < -0.4 is 9.89 Å². The van der Waals surface area contributed by atoms with Crippen molar-refractivity contribution < 1.29 is 30.0 Å². The lowest BCUT2D eigenvalue weighted by Crippen LogP contribution is -2.56. The van der Waals surface area contributed by atoms with Crippen molar-refractivity contribution in [2.75, 3.05) is 7.11 Å². The van der Waals surface area contributed by atoms with E-state index < -0.39 is 0 Å². The SMILES string of the molecule is C=[NH+][O-].COc1cc(/C=[N+](/[O-])Cc2ccc(O)cc2O)ccc1O. The minimum absolute atomic E-state index is 0.0109. The molecule has 24 heavy (non-hydrogen) atoms. The Labute approximate surface area is 138 Å². The zero-order valence-electron chi connectivity index (χ0n) is 13.0. The molecule has 8 nitrogen and oxygen atoms in total. The Morgan fingerprint density at radius 1 is 1.17 bits per heavy atom.